The van der Waals surface area contributed by atoms with Gasteiger partial charge in [-0.05, 0) is 41.8 Å². The molecule has 0 saturated carbocycles. The van der Waals surface area contributed by atoms with Gasteiger partial charge in [-0.15, -0.1) is 0 Å². The molecule has 9 rings (SSSR count). The molecule has 0 radical (unpaired) electrons. The Labute approximate surface area is 269 Å². The fourth-order valence-electron chi connectivity index (χ4n) is 5.82. The number of benzene rings is 4. The van der Waals surface area contributed by atoms with Crippen LogP contribution in [0.3, 0.4) is 0 Å². The Bertz CT molecular complexity index is 2520. The van der Waals surface area contributed by atoms with Crippen LogP contribution in [0.5, 0.6) is 0 Å². The first-order valence-electron chi connectivity index (χ1n) is 15.3. The number of hydrogen-bond acceptors (Lipinski definition) is 7. The summed E-state index contributed by atoms with van der Waals surface area (Å²) in [5, 5.41) is 4.01. The standard InChI is InChI=1S/C40H24N6O/c1-3-10-25(11-4-1)36-44-37(26-12-5-2-6-13-26)46-38(45-36)29-17-9-16-28(22-29)33-20-18-31-32-19-21-34(43-40(32)47-39(31)42-33)35-23-27-14-7-8-15-30(27)24-41-35/h1-24H. The monoisotopic (exact) mass is 604 g/mol. The molecule has 0 spiro atoms. The maximum absolute atomic E-state index is 6.23. The second kappa shape index (κ2) is 11.1. The molecule has 220 valence electrons. The first-order valence-corrected chi connectivity index (χ1v) is 15.3. The van der Waals surface area contributed by atoms with Gasteiger partial charge in [-0.3, -0.25) is 4.98 Å². The fourth-order valence-corrected chi connectivity index (χ4v) is 5.82. The van der Waals surface area contributed by atoms with Crippen LogP contribution in [0, 0.1) is 0 Å². The second-order valence-electron chi connectivity index (χ2n) is 11.2. The van der Waals surface area contributed by atoms with Gasteiger partial charge in [-0.25, -0.2) is 24.9 Å². The summed E-state index contributed by atoms with van der Waals surface area (Å²) in [6.45, 7) is 0. The fraction of sp³-hybridized carbons (Fsp3) is 0. The predicted octanol–water partition coefficient (Wildman–Crippen LogP) is 9.44. The van der Waals surface area contributed by atoms with Crippen molar-refractivity contribution < 1.29 is 4.42 Å². The van der Waals surface area contributed by atoms with Crippen molar-refractivity contribution in [3.8, 4) is 56.8 Å². The minimum atomic E-state index is 0.525. The lowest BCUT2D eigenvalue weighted by atomic mass is 10.1. The van der Waals surface area contributed by atoms with Crippen LogP contribution in [0.1, 0.15) is 0 Å². The number of rotatable bonds is 5. The number of fused-ring (bicyclic) bond motifs is 4. The number of hydrogen-bond donors (Lipinski definition) is 0. The molecule has 7 nitrogen and oxygen atoms in total. The van der Waals surface area contributed by atoms with Crippen LogP contribution in [-0.4, -0.2) is 29.9 Å². The van der Waals surface area contributed by atoms with Gasteiger partial charge in [0, 0.05) is 44.6 Å². The molecule has 0 saturated heterocycles. The molecule has 0 atom stereocenters. The van der Waals surface area contributed by atoms with Gasteiger partial charge in [0.15, 0.2) is 17.5 Å². The van der Waals surface area contributed by atoms with Crippen molar-refractivity contribution in [3.05, 3.63) is 146 Å². The van der Waals surface area contributed by atoms with Gasteiger partial charge in [-0.1, -0.05) is 103 Å². The molecule has 0 amide bonds. The van der Waals surface area contributed by atoms with Gasteiger partial charge in [0.05, 0.1) is 17.1 Å². The molecule has 0 aliphatic carbocycles. The average Bonchev–Trinajstić information content (AvgIpc) is 3.52. The summed E-state index contributed by atoms with van der Waals surface area (Å²) >= 11 is 0. The molecule has 0 aliphatic heterocycles. The highest BCUT2D eigenvalue weighted by Crippen LogP contribution is 2.32. The van der Waals surface area contributed by atoms with Crippen LogP contribution in [0.4, 0.5) is 0 Å². The highest BCUT2D eigenvalue weighted by molar-refractivity contribution is 6.03. The van der Waals surface area contributed by atoms with Crippen LogP contribution in [0.2, 0.25) is 0 Å². The summed E-state index contributed by atoms with van der Waals surface area (Å²) in [4.78, 5) is 29.0. The van der Waals surface area contributed by atoms with Crippen LogP contribution in [-0.2, 0) is 0 Å². The number of furan rings is 1. The molecule has 5 heterocycles. The van der Waals surface area contributed by atoms with E-state index in [4.69, 9.17) is 29.3 Å². The van der Waals surface area contributed by atoms with Gasteiger partial charge in [-0.2, -0.15) is 0 Å². The Balaban J connectivity index is 1.10. The molecule has 47 heavy (non-hydrogen) atoms. The molecular formula is C40H24N6O. The zero-order valence-electron chi connectivity index (χ0n) is 24.9. The highest BCUT2D eigenvalue weighted by atomic mass is 16.3. The molecule has 9 aromatic rings. The van der Waals surface area contributed by atoms with E-state index in [2.05, 4.69) is 23.2 Å². The third-order valence-electron chi connectivity index (χ3n) is 8.21. The van der Waals surface area contributed by atoms with Gasteiger partial charge in [0.1, 0.15) is 0 Å². The zero-order valence-corrected chi connectivity index (χ0v) is 24.9. The van der Waals surface area contributed by atoms with Crippen molar-refractivity contribution in [1.82, 2.24) is 29.9 Å². The lowest BCUT2D eigenvalue weighted by Crippen LogP contribution is -2.00. The van der Waals surface area contributed by atoms with E-state index in [1.165, 1.54) is 0 Å². The molecule has 0 fully saturated rings. The van der Waals surface area contributed by atoms with Crippen LogP contribution in [0.15, 0.2) is 150 Å². The molecule has 0 N–H and O–H groups in total. The first kappa shape index (κ1) is 26.8. The minimum Gasteiger partial charge on any atom is -0.419 e. The Morgan fingerprint density at radius 1 is 0.362 bits per heavy atom. The van der Waals surface area contributed by atoms with E-state index in [-0.39, 0.29) is 0 Å². The smallest absolute Gasteiger partial charge is 0.230 e. The van der Waals surface area contributed by atoms with Crippen molar-refractivity contribution in [1.29, 1.82) is 0 Å². The molecule has 4 aromatic carbocycles. The maximum Gasteiger partial charge on any atom is 0.230 e. The summed E-state index contributed by atoms with van der Waals surface area (Å²) in [7, 11) is 0. The van der Waals surface area contributed by atoms with Gasteiger partial charge < -0.3 is 4.42 Å². The van der Waals surface area contributed by atoms with Crippen molar-refractivity contribution >= 4 is 33.0 Å². The average molecular weight is 605 g/mol. The third kappa shape index (κ3) is 4.96. The number of aromatic nitrogens is 6. The SMILES string of the molecule is c1ccc(-c2nc(-c3ccccc3)nc(-c3cccc(-c4ccc5c(n4)oc4nc(-c6cc7ccccc7cn6)ccc45)c3)n2)cc1. The molecule has 0 bridgehead atoms. The largest absolute Gasteiger partial charge is 0.419 e. The Kier molecular flexibility index (Phi) is 6.31. The summed E-state index contributed by atoms with van der Waals surface area (Å²) in [5.41, 5.74) is 6.99. The Morgan fingerprint density at radius 3 is 1.57 bits per heavy atom. The van der Waals surface area contributed by atoms with Gasteiger partial charge in [0.25, 0.3) is 0 Å². The van der Waals surface area contributed by atoms with E-state index in [1.54, 1.807) is 0 Å². The van der Waals surface area contributed by atoms with Gasteiger partial charge in [0.2, 0.25) is 11.4 Å². The molecule has 0 unspecified atom stereocenters. The minimum absolute atomic E-state index is 0.525. The first-order chi connectivity index (χ1) is 23.2. The lowest BCUT2D eigenvalue weighted by Gasteiger charge is -2.09. The summed E-state index contributed by atoms with van der Waals surface area (Å²) < 4.78 is 6.23. The Hall–Kier alpha value is -6.60. The van der Waals surface area contributed by atoms with Crippen molar-refractivity contribution in [2.75, 3.05) is 0 Å². The summed E-state index contributed by atoms with van der Waals surface area (Å²) in [6.07, 6.45) is 1.87. The van der Waals surface area contributed by atoms with Crippen LogP contribution < -0.4 is 0 Å². The molecule has 5 aromatic heterocycles. The highest BCUT2D eigenvalue weighted by Gasteiger charge is 2.15. The number of nitrogens with zero attached hydrogens (tertiary/aromatic N) is 6. The zero-order chi connectivity index (χ0) is 31.2. The normalized spacial score (nSPS) is 11.4. The lowest BCUT2D eigenvalue weighted by molar-refractivity contribution is 0.641. The molecular weight excluding hydrogens is 580 g/mol. The summed E-state index contributed by atoms with van der Waals surface area (Å²) in [6, 6.07) is 46.3. The van der Waals surface area contributed by atoms with Crippen LogP contribution in [0.25, 0.3) is 89.8 Å². The maximum atomic E-state index is 6.23. The quantitative estimate of drug-likeness (QED) is 0.193. The van der Waals surface area contributed by atoms with Crippen molar-refractivity contribution in [2.45, 2.75) is 0 Å². The molecule has 7 heteroatoms. The summed E-state index contributed by atoms with van der Waals surface area (Å²) in [5.74, 6) is 1.82. The molecule has 0 aliphatic rings. The van der Waals surface area contributed by atoms with E-state index in [9.17, 15) is 0 Å². The third-order valence-corrected chi connectivity index (χ3v) is 8.21. The van der Waals surface area contributed by atoms with Crippen molar-refractivity contribution in [2.24, 2.45) is 0 Å². The predicted molar refractivity (Wildman–Crippen MR) is 185 cm³/mol. The van der Waals surface area contributed by atoms with Gasteiger partial charge >= 0.3 is 0 Å². The van der Waals surface area contributed by atoms with Crippen LogP contribution >= 0.6 is 0 Å². The van der Waals surface area contributed by atoms with Crippen molar-refractivity contribution in [3.63, 3.8) is 0 Å². The topological polar surface area (TPSA) is 90.5 Å². The van der Waals surface area contributed by atoms with E-state index in [0.29, 0.717) is 28.9 Å². The van der Waals surface area contributed by atoms with E-state index >= 15 is 0 Å². The Morgan fingerprint density at radius 2 is 0.894 bits per heavy atom. The van der Waals surface area contributed by atoms with E-state index < -0.39 is 0 Å². The number of pyridine rings is 3. The second-order valence-corrected chi connectivity index (χ2v) is 11.2. The van der Waals surface area contributed by atoms with E-state index in [0.717, 1.165) is 60.9 Å². The van der Waals surface area contributed by atoms with E-state index in [1.807, 2.05) is 128 Å².